The van der Waals surface area contributed by atoms with Crippen molar-refractivity contribution in [2.24, 2.45) is 11.3 Å². The standard InChI is InChI=1S/C8H15N/c1-7-3-2-4-8(7)5-9-6-8/h7,9H,2-6H2,1H3/t7-/m0/s1. The van der Waals surface area contributed by atoms with Crippen LogP contribution in [0.4, 0.5) is 0 Å². The van der Waals surface area contributed by atoms with E-state index in [1.165, 1.54) is 32.4 Å². The maximum atomic E-state index is 3.37. The van der Waals surface area contributed by atoms with Gasteiger partial charge in [-0.2, -0.15) is 0 Å². The smallest absolute Gasteiger partial charge is 0.00228 e. The Bertz CT molecular complexity index is 116. The summed E-state index contributed by atoms with van der Waals surface area (Å²) in [6.07, 6.45) is 4.44. The summed E-state index contributed by atoms with van der Waals surface area (Å²) in [5.41, 5.74) is 0.764. The SMILES string of the molecule is C[C@H]1CCCC12CNC2. The molecule has 2 rings (SSSR count). The Morgan fingerprint density at radius 1 is 1.44 bits per heavy atom. The largest absolute Gasteiger partial charge is 0.316 e. The van der Waals surface area contributed by atoms with Crippen molar-refractivity contribution in [3.05, 3.63) is 0 Å². The first-order chi connectivity index (χ1) is 4.33. The molecule has 1 saturated heterocycles. The predicted octanol–water partition coefficient (Wildman–Crippen LogP) is 1.40. The first-order valence-corrected chi connectivity index (χ1v) is 4.04. The topological polar surface area (TPSA) is 12.0 Å². The minimum absolute atomic E-state index is 0.764. The first-order valence-electron chi connectivity index (χ1n) is 4.04. The van der Waals surface area contributed by atoms with Crippen molar-refractivity contribution in [1.29, 1.82) is 0 Å². The van der Waals surface area contributed by atoms with Gasteiger partial charge >= 0.3 is 0 Å². The lowest BCUT2D eigenvalue weighted by Crippen LogP contribution is -2.54. The van der Waals surface area contributed by atoms with Gasteiger partial charge in [-0.25, -0.2) is 0 Å². The Labute approximate surface area is 56.8 Å². The summed E-state index contributed by atoms with van der Waals surface area (Å²) in [7, 11) is 0. The highest BCUT2D eigenvalue weighted by Gasteiger charge is 2.44. The van der Waals surface area contributed by atoms with E-state index in [1.807, 2.05) is 0 Å². The second-order valence-corrected chi connectivity index (χ2v) is 3.76. The van der Waals surface area contributed by atoms with E-state index in [0.29, 0.717) is 0 Å². The quantitative estimate of drug-likeness (QED) is 0.516. The van der Waals surface area contributed by atoms with Crippen molar-refractivity contribution in [2.45, 2.75) is 26.2 Å². The lowest BCUT2D eigenvalue weighted by Gasteiger charge is -2.43. The third-order valence-electron chi connectivity index (χ3n) is 3.31. The molecule has 1 aliphatic carbocycles. The molecule has 0 unspecified atom stereocenters. The van der Waals surface area contributed by atoms with E-state index in [4.69, 9.17) is 0 Å². The van der Waals surface area contributed by atoms with Crippen molar-refractivity contribution in [3.63, 3.8) is 0 Å². The van der Waals surface area contributed by atoms with Crippen LogP contribution >= 0.6 is 0 Å². The summed E-state index contributed by atoms with van der Waals surface area (Å²) >= 11 is 0. The molecule has 1 aliphatic heterocycles. The first kappa shape index (κ1) is 5.72. The molecule has 0 radical (unpaired) electrons. The van der Waals surface area contributed by atoms with Crippen molar-refractivity contribution >= 4 is 0 Å². The molecule has 0 bridgehead atoms. The van der Waals surface area contributed by atoms with E-state index in [-0.39, 0.29) is 0 Å². The molecule has 2 fully saturated rings. The van der Waals surface area contributed by atoms with Crippen LogP contribution < -0.4 is 5.32 Å². The Morgan fingerprint density at radius 3 is 2.44 bits per heavy atom. The van der Waals surface area contributed by atoms with Gasteiger partial charge in [-0.3, -0.25) is 0 Å². The molecule has 1 heteroatoms. The Balaban J connectivity index is 2.09. The molecule has 2 aliphatic rings. The average molecular weight is 125 g/mol. The number of nitrogens with one attached hydrogen (secondary N) is 1. The lowest BCUT2D eigenvalue weighted by molar-refractivity contribution is 0.120. The summed E-state index contributed by atoms with van der Waals surface area (Å²) in [5, 5.41) is 3.37. The van der Waals surface area contributed by atoms with E-state index < -0.39 is 0 Å². The zero-order chi connectivity index (χ0) is 6.32. The molecule has 52 valence electrons. The van der Waals surface area contributed by atoms with Crippen LogP contribution in [0, 0.1) is 11.3 Å². The van der Waals surface area contributed by atoms with Gasteiger partial charge in [-0.05, 0) is 17.8 Å². The van der Waals surface area contributed by atoms with Crippen LogP contribution in [0.15, 0.2) is 0 Å². The fourth-order valence-electron chi connectivity index (χ4n) is 2.28. The average Bonchev–Trinajstić information content (AvgIpc) is 2.07. The van der Waals surface area contributed by atoms with E-state index in [9.17, 15) is 0 Å². The Hall–Kier alpha value is -0.0400. The third kappa shape index (κ3) is 0.644. The van der Waals surface area contributed by atoms with Crippen molar-refractivity contribution in [3.8, 4) is 0 Å². The fraction of sp³-hybridized carbons (Fsp3) is 1.00. The molecule has 0 aromatic rings. The minimum Gasteiger partial charge on any atom is -0.316 e. The van der Waals surface area contributed by atoms with Gasteiger partial charge in [0.05, 0.1) is 0 Å². The van der Waals surface area contributed by atoms with Gasteiger partial charge < -0.3 is 5.32 Å². The third-order valence-corrected chi connectivity index (χ3v) is 3.31. The number of hydrogen-bond acceptors (Lipinski definition) is 1. The molecule has 0 amide bonds. The molecule has 9 heavy (non-hydrogen) atoms. The van der Waals surface area contributed by atoms with Crippen molar-refractivity contribution in [1.82, 2.24) is 5.32 Å². The number of hydrogen-bond donors (Lipinski definition) is 1. The molecule has 0 aromatic heterocycles. The van der Waals surface area contributed by atoms with Gasteiger partial charge in [0, 0.05) is 13.1 Å². The number of rotatable bonds is 0. The van der Waals surface area contributed by atoms with Crippen LogP contribution in [-0.2, 0) is 0 Å². The Morgan fingerprint density at radius 2 is 2.22 bits per heavy atom. The van der Waals surface area contributed by atoms with E-state index in [1.54, 1.807) is 0 Å². The van der Waals surface area contributed by atoms with Crippen molar-refractivity contribution in [2.75, 3.05) is 13.1 Å². The highest BCUT2D eigenvalue weighted by atomic mass is 15.0. The van der Waals surface area contributed by atoms with Crippen LogP contribution in [-0.4, -0.2) is 13.1 Å². The van der Waals surface area contributed by atoms with Crippen LogP contribution in [0.25, 0.3) is 0 Å². The fourth-order valence-corrected chi connectivity index (χ4v) is 2.28. The van der Waals surface area contributed by atoms with E-state index in [0.717, 1.165) is 11.3 Å². The van der Waals surface area contributed by atoms with Gasteiger partial charge in [0.2, 0.25) is 0 Å². The summed E-state index contributed by atoms with van der Waals surface area (Å²) in [6.45, 7) is 5.01. The predicted molar refractivity (Wildman–Crippen MR) is 38.3 cm³/mol. The van der Waals surface area contributed by atoms with Gasteiger partial charge in [0.15, 0.2) is 0 Å². The molecule has 1 saturated carbocycles. The normalized spacial score (nSPS) is 39.0. The molecule has 1 N–H and O–H groups in total. The van der Waals surface area contributed by atoms with Gasteiger partial charge in [0.1, 0.15) is 0 Å². The summed E-state index contributed by atoms with van der Waals surface area (Å²) in [4.78, 5) is 0. The molecule has 0 aromatic carbocycles. The van der Waals surface area contributed by atoms with Crippen LogP contribution in [0.1, 0.15) is 26.2 Å². The van der Waals surface area contributed by atoms with Gasteiger partial charge in [0.25, 0.3) is 0 Å². The highest BCUT2D eigenvalue weighted by Crippen LogP contribution is 2.45. The maximum Gasteiger partial charge on any atom is 0.00228 e. The summed E-state index contributed by atoms with van der Waals surface area (Å²) in [6, 6.07) is 0. The zero-order valence-corrected chi connectivity index (χ0v) is 6.11. The zero-order valence-electron chi connectivity index (χ0n) is 6.11. The highest BCUT2D eigenvalue weighted by molar-refractivity contribution is 4.99. The maximum absolute atomic E-state index is 3.37. The molecular weight excluding hydrogens is 110 g/mol. The Kier molecular flexibility index (Phi) is 1.10. The van der Waals surface area contributed by atoms with Gasteiger partial charge in [-0.15, -0.1) is 0 Å². The summed E-state index contributed by atoms with van der Waals surface area (Å²) in [5.74, 6) is 0.999. The molecule has 1 heterocycles. The monoisotopic (exact) mass is 125 g/mol. The lowest BCUT2D eigenvalue weighted by atomic mass is 9.74. The summed E-state index contributed by atoms with van der Waals surface area (Å²) < 4.78 is 0. The van der Waals surface area contributed by atoms with Gasteiger partial charge in [-0.1, -0.05) is 19.8 Å². The van der Waals surface area contributed by atoms with Crippen LogP contribution in [0.5, 0.6) is 0 Å². The second-order valence-electron chi connectivity index (χ2n) is 3.76. The molecule has 1 nitrogen and oxygen atoms in total. The van der Waals surface area contributed by atoms with E-state index >= 15 is 0 Å². The second kappa shape index (κ2) is 1.72. The van der Waals surface area contributed by atoms with E-state index in [2.05, 4.69) is 12.2 Å². The molecular formula is C8H15N. The molecule has 1 spiro atoms. The van der Waals surface area contributed by atoms with Crippen LogP contribution in [0.2, 0.25) is 0 Å². The minimum atomic E-state index is 0.764. The van der Waals surface area contributed by atoms with Crippen molar-refractivity contribution < 1.29 is 0 Å². The molecule has 1 atom stereocenters. The van der Waals surface area contributed by atoms with Crippen LogP contribution in [0.3, 0.4) is 0 Å².